The monoisotopic (exact) mass is 343 g/mol. The van der Waals surface area contributed by atoms with Crippen molar-refractivity contribution in [2.24, 2.45) is 0 Å². The third-order valence-electron chi connectivity index (χ3n) is 4.51. The van der Waals surface area contributed by atoms with Crippen LogP contribution in [-0.2, 0) is 13.0 Å². The fourth-order valence-corrected chi connectivity index (χ4v) is 3.22. The lowest BCUT2D eigenvalue weighted by Crippen LogP contribution is -2.41. The quantitative estimate of drug-likeness (QED) is 0.848. The van der Waals surface area contributed by atoms with E-state index in [4.69, 9.17) is 5.11 Å². The molecule has 2 amide bonds. The minimum atomic E-state index is -0.205. The zero-order chi connectivity index (χ0) is 17.6. The van der Waals surface area contributed by atoms with Gasteiger partial charge in [-0.2, -0.15) is 0 Å². The van der Waals surface area contributed by atoms with Gasteiger partial charge in [-0.3, -0.25) is 4.98 Å². The van der Waals surface area contributed by atoms with Gasteiger partial charge < -0.3 is 15.3 Å². The van der Waals surface area contributed by atoms with E-state index in [0.29, 0.717) is 37.9 Å². The van der Waals surface area contributed by atoms with Crippen LogP contribution in [-0.4, -0.2) is 34.2 Å². The number of carbonyl (C=O) groups excluding carboxylic acids is 1. The molecule has 25 heavy (non-hydrogen) atoms. The summed E-state index contributed by atoms with van der Waals surface area (Å²) in [5.74, 6) is -0.205. The van der Waals surface area contributed by atoms with Gasteiger partial charge >= 0.3 is 6.03 Å². The second kappa shape index (κ2) is 8.07. The van der Waals surface area contributed by atoms with Gasteiger partial charge in [0.25, 0.3) is 0 Å². The standard InChI is InChI=1S/C19H22FN3O2/c20-17-4-1-3-16-15(17)5-6-18(16)22-19(25)23(11-2-12-24)13-14-7-9-21-10-8-14/h1,3-4,7-10,18,24H,2,5-6,11-13H2,(H,22,25)/t18-/m0/s1. The summed E-state index contributed by atoms with van der Waals surface area (Å²) in [6, 6.07) is 8.36. The number of nitrogens with one attached hydrogen (secondary N) is 1. The molecule has 0 aliphatic heterocycles. The molecule has 5 nitrogen and oxygen atoms in total. The average molecular weight is 343 g/mol. The molecule has 0 saturated heterocycles. The van der Waals surface area contributed by atoms with Crippen molar-refractivity contribution < 1.29 is 14.3 Å². The van der Waals surface area contributed by atoms with Crippen molar-refractivity contribution in [1.82, 2.24) is 15.2 Å². The smallest absolute Gasteiger partial charge is 0.318 e. The Morgan fingerprint density at radius 3 is 2.88 bits per heavy atom. The van der Waals surface area contributed by atoms with Gasteiger partial charge in [-0.1, -0.05) is 12.1 Å². The molecule has 0 fully saturated rings. The number of aromatic nitrogens is 1. The summed E-state index contributed by atoms with van der Waals surface area (Å²) in [5.41, 5.74) is 2.53. The first-order valence-corrected chi connectivity index (χ1v) is 8.51. The maximum atomic E-state index is 13.9. The predicted molar refractivity (Wildman–Crippen MR) is 92.3 cm³/mol. The van der Waals surface area contributed by atoms with Crippen molar-refractivity contribution in [3.63, 3.8) is 0 Å². The summed E-state index contributed by atoms with van der Waals surface area (Å²) in [4.78, 5) is 18.4. The molecule has 1 aromatic carbocycles. The molecule has 1 aliphatic carbocycles. The van der Waals surface area contributed by atoms with Crippen LogP contribution in [0.5, 0.6) is 0 Å². The molecule has 0 unspecified atom stereocenters. The molecule has 0 radical (unpaired) electrons. The van der Waals surface area contributed by atoms with Crippen molar-refractivity contribution in [3.05, 3.63) is 65.2 Å². The Bertz CT molecular complexity index is 724. The Balaban J connectivity index is 1.70. The summed E-state index contributed by atoms with van der Waals surface area (Å²) < 4.78 is 13.9. The van der Waals surface area contributed by atoms with E-state index in [9.17, 15) is 9.18 Å². The second-order valence-electron chi connectivity index (χ2n) is 6.20. The van der Waals surface area contributed by atoms with Crippen LogP contribution in [0.15, 0.2) is 42.7 Å². The van der Waals surface area contributed by atoms with Crippen LogP contribution < -0.4 is 5.32 Å². The Labute approximate surface area is 146 Å². The number of rotatable bonds is 6. The molecule has 6 heteroatoms. The second-order valence-corrected chi connectivity index (χ2v) is 6.20. The Hall–Kier alpha value is -2.47. The third kappa shape index (κ3) is 4.14. The molecule has 1 aliphatic rings. The van der Waals surface area contributed by atoms with E-state index in [1.165, 1.54) is 6.07 Å². The molecule has 2 N–H and O–H groups in total. The predicted octanol–water partition coefficient (Wildman–Crippen LogP) is 2.80. The summed E-state index contributed by atoms with van der Waals surface area (Å²) >= 11 is 0. The number of pyridine rings is 1. The molecule has 0 saturated carbocycles. The molecular weight excluding hydrogens is 321 g/mol. The number of hydrogen-bond donors (Lipinski definition) is 2. The van der Waals surface area contributed by atoms with Crippen LogP contribution in [0.25, 0.3) is 0 Å². The molecule has 1 heterocycles. The van der Waals surface area contributed by atoms with Crippen LogP contribution in [0.2, 0.25) is 0 Å². The highest BCUT2D eigenvalue weighted by Crippen LogP contribution is 2.32. The van der Waals surface area contributed by atoms with Gasteiger partial charge in [-0.05, 0) is 54.2 Å². The highest BCUT2D eigenvalue weighted by atomic mass is 19.1. The van der Waals surface area contributed by atoms with Crippen LogP contribution in [0.4, 0.5) is 9.18 Å². The molecule has 1 atom stereocenters. The number of fused-ring (bicyclic) bond motifs is 1. The van der Waals surface area contributed by atoms with E-state index >= 15 is 0 Å². The van der Waals surface area contributed by atoms with E-state index in [1.54, 1.807) is 23.4 Å². The van der Waals surface area contributed by atoms with E-state index in [0.717, 1.165) is 11.1 Å². The van der Waals surface area contributed by atoms with E-state index in [2.05, 4.69) is 10.3 Å². The lowest BCUT2D eigenvalue weighted by molar-refractivity contribution is 0.183. The molecule has 0 spiro atoms. The van der Waals surface area contributed by atoms with Gasteiger partial charge in [-0.25, -0.2) is 9.18 Å². The first kappa shape index (κ1) is 17.4. The Morgan fingerprint density at radius 2 is 2.12 bits per heavy atom. The summed E-state index contributed by atoms with van der Waals surface area (Å²) in [5, 5.41) is 12.1. The Morgan fingerprint density at radius 1 is 1.32 bits per heavy atom. The number of amides is 2. The first-order valence-electron chi connectivity index (χ1n) is 8.51. The zero-order valence-electron chi connectivity index (χ0n) is 14.0. The van der Waals surface area contributed by atoms with Crippen molar-refractivity contribution in [2.75, 3.05) is 13.2 Å². The third-order valence-corrected chi connectivity index (χ3v) is 4.51. The van der Waals surface area contributed by atoms with Gasteiger partial charge in [0.15, 0.2) is 0 Å². The Kier molecular flexibility index (Phi) is 5.60. The fourth-order valence-electron chi connectivity index (χ4n) is 3.22. The molecule has 2 aromatic rings. The topological polar surface area (TPSA) is 65.5 Å². The van der Waals surface area contributed by atoms with Crippen LogP contribution in [0, 0.1) is 5.82 Å². The fraction of sp³-hybridized carbons (Fsp3) is 0.368. The lowest BCUT2D eigenvalue weighted by Gasteiger charge is -2.25. The van der Waals surface area contributed by atoms with Crippen molar-refractivity contribution >= 4 is 6.03 Å². The summed E-state index contributed by atoms with van der Waals surface area (Å²) in [6.45, 7) is 0.919. The molecule has 1 aromatic heterocycles. The summed E-state index contributed by atoms with van der Waals surface area (Å²) in [6.07, 6.45) is 5.22. The van der Waals surface area contributed by atoms with Gasteiger partial charge in [-0.15, -0.1) is 0 Å². The van der Waals surface area contributed by atoms with Crippen LogP contribution >= 0.6 is 0 Å². The minimum absolute atomic E-state index is 0.0254. The first-order chi connectivity index (χ1) is 12.2. The van der Waals surface area contributed by atoms with Crippen LogP contribution in [0.1, 0.15) is 35.6 Å². The maximum Gasteiger partial charge on any atom is 0.318 e. The van der Waals surface area contributed by atoms with E-state index in [1.807, 2.05) is 18.2 Å². The van der Waals surface area contributed by atoms with Crippen molar-refractivity contribution in [1.29, 1.82) is 0 Å². The van der Waals surface area contributed by atoms with Crippen LogP contribution in [0.3, 0.4) is 0 Å². The highest BCUT2D eigenvalue weighted by molar-refractivity contribution is 5.75. The number of nitrogens with zero attached hydrogens (tertiary/aromatic N) is 2. The van der Waals surface area contributed by atoms with Gasteiger partial charge in [0.2, 0.25) is 0 Å². The van der Waals surface area contributed by atoms with E-state index in [-0.39, 0.29) is 24.5 Å². The number of carbonyl (C=O) groups is 1. The number of urea groups is 1. The largest absolute Gasteiger partial charge is 0.396 e. The zero-order valence-corrected chi connectivity index (χ0v) is 14.0. The lowest BCUT2D eigenvalue weighted by atomic mass is 10.1. The highest BCUT2D eigenvalue weighted by Gasteiger charge is 2.27. The molecular formula is C19H22FN3O2. The minimum Gasteiger partial charge on any atom is -0.396 e. The molecule has 132 valence electrons. The normalized spacial score (nSPS) is 15.7. The number of halogens is 1. The van der Waals surface area contributed by atoms with Gasteiger partial charge in [0.05, 0.1) is 6.04 Å². The number of aliphatic hydroxyl groups is 1. The number of benzene rings is 1. The SMILES string of the molecule is O=C(N[C@H]1CCc2c(F)cccc21)N(CCCO)Cc1ccncc1. The number of aliphatic hydroxyl groups excluding tert-OH is 1. The van der Waals surface area contributed by atoms with Crippen molar-refractivity contribution in [2.45, 2.75) is 31.8 Å². The maximum absolute atomic E-state index is 13.9. The molecule has 0 bridgehead atoms. The van der Waals surface area contributed by atoms with Crippen molar-refractivity contribution in [3.8, 4) is 0 Å². The summed E-state index contributed by atoms with van der Waals surface area (Å²) in [7, 11) is 0. The van der Waals surface area contributed by atoms with Gasteiger partial charge in [0, 0.05) is 32.1 Å². The van der Waals surface area contributed by atoms with E-state index < -0.39 is 0 Å². The van der Waals surface area contributed by atoms with Gasteiger partial charge in [0.1, 0.15) is 5.82 Å². The number of hydrogen-bond acceptors (Lipinski definition) is 3. The molecule has 3 rings (SSSR count). The average Bonchev–Trinajstić information content (AvgIpc) is 3.04.